The van der Waals surface area contributed by atoms with E-state index in [2.05, 4.69) is 50.4 Å². The molecule has 0 aromatic rings. The van der Waals surface area contributed by atoms with Crippen LogP contribution in [0.5, 0.6) is 0 Å². The first kappa shape index (κ1) is 14.2. The minimum absolute atomic E-state index is 0.0716. The Hall–Kier alpha value is -0.770. The van der Waals surface area contributed by atoms with E-state index in [1.54, 1.807) is 0 Å². The molecule has 0 fully saturated rings. The molecule has 15 heavy (non-hydrogen) atoms. The Balaban J connectivity index is 4.36. The number of hydrogen-bond donors (Lipinski definition) is 3. The zero-order valence-electron chi connectivity index (χ0n) is 10.7. The van der Waals surface area contributed by atoms with Crippen molar-refractivity contribution in [1.29, 1.82) is 0 Å². The molecule has 0 saturated carbocycles. The molecule has 0 spiro atoms. The van der Waals surface area contributed by atoms with Crippen molar-refractivity contribution < 1.29 is 0 Å². The Morgan fingerprint density at radius 2 is 1.87 bits per heavy atom. The second-order valence-electron chi connectivity index (χ2n) is 4.62. The van der Waals surface area contributed by atoms with Crippen molar-refractivity contribution >= 4 is 5.96 Å². The molecule has 0 aromatic heterocycles. The van der Waals surface area contributed by atoms with E-state index >= 15 is 0 Å². The van der Waals surface area contributed by atoms with Crippen LogP contribution in [0.3, 0.4) is 0 Å². The van der Waals surface area contributed by atoms with Gasteiger partial charge in [-0.2, -0.15) is 0 Å². The molecule has 0 bridgehead atoms. The first-order chi connectivity index (χ1) is 6.97. The van der Waals surface area contributed by atoms with Gasteiger partial charge in [0.15, 0.2) is 0 Å². The molecule has 4 heteroatoms. The number of aliphatic imine (C=N–C) groups is 1. The maximum atomic E-state index is 5.43. The lowest BCUT2D eigenvalue weighted by molar-refractivity contribution is 0.383. The van der Waals surface area contributed by atoms with Crippen LogP contribution in [0.2, 0.25) is 0 Å². The SMILES string of the molecule is CCC(C)(CC)NC(=NCC(C)C)NN. The van der Waals surface area contributed by atoms with Crippen molar-refractivity contribution in [3.63, 3.8) is 0 Å². The third kappa shape index (κ3) is 5.62. The van der Waals surface area contributed by atoms with Crippen molar-refractivity contribution in [3.05, 3.63) is 0 Å². The Morgan fingerprint density at radius 3 is 2.20 bits per heavy atom. The summed E-state index contributed by atoms with van der Waals surface area (Å²) in [5.74, 6) is 6.67. The van der Waals surface area contributed by atoms with Crippen molar-refractivity contribution in [2.24, 2.45) is 16.8 Å². The minimum atomic E-state index is 0.0716. The Bertz CT molecular complexity index is 195. The number of nitrogens with one attached hydrogen (secondary N) is 2. The maximum Gasteiger partial charge on any atom is 0.206 e. The molecular weight excluding hydrogens is 188 g/mol. The number of hydrazine groups is 1. The standard InChI is InChI=1S/C11H26N4/c1-6-11(5,7-2)14-10(15-12)13-8-9(3)4/h9H,6-8,12H2,1-5H3,(H2,13,14,15). The van der Waals surface area contributed by atoms with Gasteiger partial charge in [0.1, 0.15) is 0 Å². The molecule has 4 N–H and O–H groups in total. The molecule has 0 heterocycles. The third-order valence-corrected chi connectivity index (χ3v) is 2.73. The van der Waals surface area contributed by atoms with E-state index in [4.69, 9.17) is 5.84 Å². The topological polar surface area (TPSA) is 62.4 Å². The third-order valence-electron chi connectivity index (χ3n) is 2.73. The van der Waals surface area contributed by atoms with Crippen molar-refractivity contribution in [2.45, 2.75) is 53.0 Å². The summed E-state index contributed by atoms with van der Waals surface area (Å²) in [4.78, 5) is 4.39. The van der Waals surface area contributed by atoms with Crippen molar-refractivity contribution in [2.75, 3.05) is 6.54 Å². The predicted octanol–water partition coefficient (Wildman–Crippen LogP) is 1.63. The predicted molar refractivity (Wildman–Crippen MR) is 66.6 cm³/mol. The van der Waals surface area contributed by atoms with Crippen LogP contribution >= 0.6 is 0 Å². The fourth-order valence-corrected chi connectivity index (χ4v) is 1.11. The van der Waals surface area contributed by atoms with Crippen LogP contribution in [0.25, 0.3) is 0 Å². The van der Waals surface area contributed by atoms with Crippen LogP contribution in [-0.2, 0) is 0 Å². The quantitative estimate of drug-likeness (QED) is 0.282. The molecule has 90 valence electrons. The van der Waals surface area contributed by atoms with E-state index in [-0.39, 0.29) is 5.54 Å². The molecule has 0 aliphatic heterocycles. The summed E-state index contributed by atoms with van der Waals surface area (Å²) >= 11 is 0. The molecule has 0 rings (SSSR count). The molecule has 0 aromatic carbocycles. The van der Waals surface area contributed by atoms with Gasteiger partial charge in [0.25, 0.3) is 0 Å². The van der Waals surface area contributed by atoms with Gasteiger partial charge in [0, 0.05) is 12.1 Å². The zero-order chi connectivity index (χ0) is 11.9. The molecule has 4 nitrogen and oxygen atoms in total. The van der Waals surface area contributed by atoms with Crippen LogP contribution in [0.1, 0.15) is 47.5 Å². The van der Waals surface area contributed by atoms with Crippen LogP contribution in [-0.4, -0.2) is 18.0 Å². The van der Waals surface area contributed by atoms with Gasteiger partial charge < -0.3 is 5.32 Å². The highest BCUT2D eigenvalue weighted by molar-refractivity contribution is 5.79. The largest absolute Gasteiger partial charge is 0.350 e. The molecule has 0 aliphatic rings. The number of guanidine groups is 1. The summed E-state index contributed by atoms with van der Waals surface area (Å²) < 4.78 is 0. The monoisotopic (exact) mass is 214 g/mol. The van der Waals surface area contributed by atoms with E-state index in [1.165, 1.54) is 0 Å². The highest BCUT2D eigenvalue weighted by Gasteiger charge is 2.20. The summed E-state index contributed by atoms with van der Waals surface area (Å²) in [7, 11) is 0. The van der Waals surface area contributed by atoms with E-state index < -0.39 is 0 Å². The maximum absolute atomic E-state index is 5.43. The fraction of sp³-hybridized carbons (Fsp3) is 0.909. The Labute approximate surface area is 93.7 Å². The zero-order valence-corrected chi connectivity index (χ0v) is 10.7. The molecule has 0 aliphatic carbocycles. The van der Waals surface area contributed by atoms with Crippen LogP contribution in [0, 0.1) is 5.92 Å². The number of hydrogen-bond acceptors (Lipinski definition) is 2. The van der Waals surface area contributed by atoms with Gasteiger partial charge >= 0.3 is 0 Å². The average molecular weight is 214 g/mol. The van der Waals surface area contributed by atoms with E-state index in [0.717, 1.165) is 19.4 Å². The summed E-state index contributed by atoms with van der Waals surface area (Å²) in [6.07, 6.45) is 2.09. The lowest BCUT2D eigenvalue weighted by Gasteiger charge is -2.29. The number of rotatable bonds is 5. The summed E-state index contributed by atoms with van der Waals surface area (Å²) in [6, 6.07) is 0. The molecule has 0 amide bonds. The molecule has 0 unspecified atom stereocenters. The molecule has 0 radical (unpaired) electrons. The Kier molecular flexibility index (Phi) is 6.32. The highest BCUT2D eigenvalue weighted by Crippen LogP contribution is 2.12. The van der Waals surface area contributed by atoms with Gasteiger partial charge in [-0.3, -0.25) is 10.4 Å². The van der Waals surface area contributed by atoms with Crippen LogP contribution in [0.15, 0.2) is 4.99 Å². The first-order valence-electron chi connectivity index (χ1n) is 5.76. The van der Waals surface area contributed by atoms with Crippen molar-refractivity contribution in [3.8, 4) is 0 Å². The lowest BCUT2D eigenvalue weighted by atomic mass is 9.96. The second-order valence-corrected chi connectivity index (χ2v) is 4.62. The first-order valence-corrected chi connectivity index (χ1v) is 5.76. The second kappa shape index (κ2) is 6.67. The molecule has 0 saturated heterocycles. The average Bonchev–Trinajstić information content (AvgIpc) is 2.23. The molecular formula is C11H26N4. The van der Waals surface area contributed by atoms with Gasteiger partial charge in [-0.05, 0) is 25.7 Å². The summed E-state index contributed by atoms with van der Waals surface area (Å²) in [6.45, 7) is 11.6. The van der Waals surface area contributed by atoms with Gasteiger partial charge in [-0.1, -0.05) is 27.7 Å². The fourth-order valence-electron chi connectivity index (χ4n) is 1.11. The normalized spacial score (nSPS) is 13.1. The van der Waals surface area contributed by atoms with Gasteiger partial charge in [-0.15, -0.1) is 0 Å². The van der Waals surface area contributed by atoms with Gasteiger partial charge in [-0.25, -0.2) is 5.84 Å². The van der Waals surface area contributed by atoms with E-state index in [1.807, 2.05) is 0 Å². The molecule has 0 atom stereocenters. The smallest absolute Gasteiger partial charge is 0.206 e. The van der Waals surface area contributed by atoms with E-state index in [0.29, 0.717) is 11.9 Å². The van der Waals surface area contributed by atoms with Crippen LogP contribution in [0.4, 0.5) is 0 Å². The number of nitrogens with zero attached hydrogens (tertiary/aromatic N) is 1. The summed E-state index contributed by atoms with van der Waals surface area (Å²) in [5.41, 5.74) is 2.69. The minimum Gasteiger partial charge on any atom is -0.350 e. The van der Waals surface area contributed by atoms with Crippen molar-refractivity contribution in [1.82, 2.24) is 10.7 Å². The highest BCUT2D eigenvalue weighted by atomic mass is 15.3. The Morgan fingerprint density at radius 1 is 1.33 bits per heavy atom. The lowest BCUT2D eigenvalue weighted by Crippen LogP contribution is -2.52. The van der Waals surface area contributed by atoms with Crippen LogP contribution < -0.4 is 16.6 Å². The van der Waals surface area contributed by atoms with Gasteiger partial charge in [0.2, 0.25) is 5.96 Å². The number of nitrogens with two attached hydrogens (primary N) is 1. The van der Waals surface area contributed by atoms with Gasteiger partial charge in [0.05, 0.1) is 0 Å². The van der Waals surface area contributed by atoms with E-state index in [9.17, 15) is 0 Å². The summed E-state index contributed by atoms with van der Waals surface area (Å²) in [5, 5.41) is 3.35.